The highest BCUT2D eigenvalue weighted by Crippen LogP contribution is 2.46. The minimum absolute atomic E-state index is 0.196. The van der Waals surface area contributed by atoms with Crippen molar-refractivity contribution in [1.82, 2.24) is 31.9 Å². The van der Waals surface area contributed by atoms with Crippen molar-refractivity contribution in [3.05, 3.63) is 34.9 Å². The first-order valence-corrected chi connectivity index (χ1v) is 42.5. The third kappa shape index (κ3) is 25.9. The summed E-state index contributed by atoms with van der Waals surface area (Å²) < 4.78 is 40.4. The molecule has 6 aliphatic rings. The van der Waals surface area contributed by atoms with Crippen molar-refractivity contribution in [3.63, 3.8) is 0 Å². The molecule has 618 valence electrons. The average Bonchev–Trinajstić information content (AvgIpc) is 0.780. The number of aryl methyl sites for hydroxylation is 3. The second-order valence-electron chi connectivity index (χ2n) is 43.2. The number of carbonyl (C=O) groups is 6. The van der Waals surface area contributed by atoms with Crippen molar-refractivity contribution in [2.24, 2.45) is 16.2 Å². The molecule has 0 aliphatic carbocycles. The summed E-state index contributed by atoms with van der Waals surface area (Å²) in [6, 6.07) is 6.62. The van der Waals surface area contributed by atoms with Crippen LogP contribution in [0.5, 0.6) is 0 Å². The van der Waals surface area contributed by atoms with Crippen molar-refractivity contribution in [3.8, 4) is 0 Å². The summed E-state index contributed by atoms with van der Waals surface area (Å²) >= 11 is 0. The fourth-order valence-corrected chi connectivity index (χ4v) is 21.8. The van der Waals surface area contributed by atoms with Gasteiger partial charge in [-0.05, 0) is 260 Å². The van der Waals surface area contributed by atoms with Gasteiger partial charge in [0.1, 0.15) is 36.6 Å². The van der Waals surface area contributed by atoms with E-state index in [1.54, 1.807) is 0 Å². The van der Waals surface area contributed by atoms with Crippen LogP contribution in [0.25, 0.3) is 0 Å². The molecule has 6 fully saturated rings. The molecule has 0 radical (unpaired) electrons. The maximum atomic E-state index is 15.6. The summed E-state index contributed by atoms with van der Waals surface area (Å²) in [5.74, 6) is -3.12. The van der Waals surface area contributed by atoms with Crippen LogP contribution in [-0.2, 0) is 76.5 Å². The van der Waals surface area contributed by atoms with Gasteiger partial charge in [-0.3, -0.25) is 28.8 Å². The maximum Gasteiger partial charge on any atom is 0.323 e. The number of ether oxygens (including phenoxy) is 6. The Morgan fingerprint density at radius 3 is 0.519 bits per heavy atom. The van der Waals surface area contributed by atoms with Crippen molar-refractivity contribution < 1.29 is 57.2 Å². The first kappa shape index (κ1) is 91.0. The van der Waals surface area contributed by atoms with Gasteiger partial charge >= 0.3 is 35.8 Å². The predicted molar refractivity (Wildman–Crippen MR) is 434 cm³/mol. The third-order valence-corrected chi connectivity index (χ3v) is 24.1. The first-order chi connectivity index (χ1) is 49.4. The van der Waals surface area contributed by atoms with Crippen LogP contribution in [0.1, 0.15) is 377 Å². The smallest absolute Gasteiger partial charge is 0.323 e. The van der Waals surface area contributed by atoms with E-state index in [0.29, 0.717) is 135 Å². The maximum absolute atomic E-state index is 15.6. The molecule has 0 bridgehead atoms. The van der Waals surface area contributed by atoms with Crippen LogP contribution in [0.15, 0.2) is 18.2 Å². The fourth-order valence-electron chi connectivity index (χ4n) is 21.8. The van der Waals surface area contributed by atoms with Crippen LogP contribution in [0, 0.1) is 16.2 Å². The van der Waals surface area contributed by atoms with Crippen LogP contribution in [0.2, 0.25) is 0 Å². The Balaban J connectivity index is 1.31. The van der Waals surface area contributed by atoms with E-state index in [1.807, 2.05) is 0 Å². The van der Waals surface area contributed by atoms with Crippen molar-refractivity contribution >= 4 is 35.8 Å². The Hall–Kier alpha value is -4.20. The van der Waals surface area contributed by atoms with Crippen LogP contribution in [0.4, 0.5) is 0 Å². The molecule has 6 aliphatic heterocycles. The number of carbonyl (C=O) groups excluding carboxylic acids is 6. The second kappa shape index (κ2) is 34.5. The normalized spacial score (nSPS) is 24.0. The molecule has 6 heterocycles. The summed E-state index contributed by atoms with van der Waals surface area (Å²) in [7, 11) is 0. The molecule has 0 amide bonds. The highest BCUT2D eigenvalue weighted by atomic mass is 16.6. The van der Waals surface area contributed by atoms with E-state index in [9.17, 15) is 0 Å². The molecule has 18 nitrogen and oxygen atoms in total. The Bertz CT molecular complexity index is 2650. The van der Waals surface area contributed by atoms with Gasteiger partial charge in [-0.1, -0.05) is 77.5 Å². The lowest BCUT2D eigenvalue weighted by Gasteiger charge is -2.47. The number of hydrogen-bond donors (Lipinski definition) is 6. The van der Waals surface area contributed by atoms with Crippen molar-refractivity contribution in [1.29, 1.82) is 0 Å². The average molecular weight is 1510 g/mol. The number of esters is 6. The minimum Gasteiger partial charge on any atom is -0.461 e. The molecule has 0 spiro atoms. The largest absolute Gasteiger partial charge is 0.461 e. The van der Waals surface area contributed by atoms with Crippen LogP contribution < -0.4 is 31.9 Å². The number of piperidine rings is 6. The molecular weight excluding hydrogens is 1360 g/mol. The SMILES string of the molecule is CCCCC(CCCc1cc(CCCC(CCCC)(C(=O)OC2CC(C)(C)NC(C)(C)C2)C(=O)OC2CC(C)(C)NC(C)(C)C2)cc(CCCC(CCCC)(C(=O)OC2CC(C)(C)NC(C)(C)C2)C(=O)OC2CC(C)(C)NC(C)(C)C2)c1)(C(=O)OC1CC(C)(C)NC(C)(C)C1)C(=O)OC1CC(C)(C)NC(C)(C)C1. The molecule has 1 aromatic carbocycles. The van der Waals surface area contributed by atoms with Gasteiger partial charge in [-0.2, -0.15) is 0 Å². The van der Waals surface area contributed by atoms with E-state index in [4.69, 9.17) is 28.4 Å². The molecule has 6 saturated heterocycles. The van der Waals surface area contributed by atoms with Crippen LogP contribution in [-0.4, -0.2) is 139 Å². The van der Waals surface area contributed by atoms with Crippen LogP contribution in [0.3, 0.4) is 0 Å². The zero-order valence-corrected chi connectivity index (χ0v) is 73.3. The molecule has 7 rings (SSSR count). The zero-order chi connectivity index (χ0) is 81.0. The quantitative estimate of drug-likeness (QED) is 0.0218. The second-order valence-corrected chi connectivity index (χ2v) is 43.2. The van der Waals surface area contributed by atoms with E-state index >= 15 is 28.8 Å². The third-order valence-electron chi connectivity index (χ3n) is 24.1. The molecule has 0 atom stereocenters. The number of nitrogens with one attached hydrogen (secondary N) is 6. The zero-order valence-electron chi connectivity index (χ0n) is 73.3. The number of unbranched alkanes of at least 4 members (excludes halogenated alkanes) is 3. The number of rotatable bonds is 33. The molecule has 6 N–H and O–H groups in total. The van der Waals surface area contributed by atoms with Gasteiger partial charge in [0, 0.05) is 144 Å². The van der Waals surface area contributed by atoms with Gasteiger partial charge < -0.3 is 60.3 Å². The Kier molecular flexibility index (Phi) is 29.0. The van der Waals surface area contributed by atoms with E-state index in [1.165, 1.54) is 0 Å². The van der Waals surface area contributed by atoms with Gasteiger partial charge in [-0.25, -0.2) is 0 Å². The number of benzene rings is 1. The minimum atomic E-state index is -1.59. The van der Waals surface area contributed by atoms with E-state index in [2.05, 4.69) is 237 Å². The van der Waals surface area contributed by atoms with Gasteiger partial charge in [0.05, 0.1) is 0 Å². The van der Waals surface area contributed by atoms with Gasteiger partial charge in [0.15, 0.2) is 16.2 Å². The fraction of sp³-hybridized carbons (Fsp3) is 0.867. The first-order valence-electron chi connectivity index (χ1n) is 42.5. The highest BCUT2D eigenvalue weighted by Gasteiger charge is 2.56. The van der Waals surface area contributed by atoms with Gasteiger partial charge in [0.25, 0.3) is 0 Å². The monoisotopic (exact) mass is 1510 g/mol. The predicted octanol–water partition coefficient (Wildman–Crippen LogP) is 17.3. The summed E-state index contributed by atoms with van der Waals surface area (Å²) in [4.78, 5) is 93.9. The standard InChI is InChI=1S/C90H156N6O12/c1-28-31-40-88(70(97)103-64-49-76(4,5)91-77(6,7)50-64,71(98)104-65-51-78(8,9)92-79(10,11)52-65)43-34-37-61-46-62(38-35-44-89(41-32-29-2,72(99)105-66-53-80(12,13)93-81(14,15)54-66)73(100)106-67-55-82(16,17)94-83(18,19)56-67)48-63(47-61)39-36-45-90(42-33-30-3,74(101)107-68-57-84(20,21)95-85(22,23)58-68)75(102)108-69-59-86(24,25)96-87(26,27)60-69/h46-48,64-69,91-96H,28-45,49-60H2,1-27H3. The van der Waals surface area contributed by atoms with E-state index in [0.717, 1.165) is 36.0 Å². The van der Waals surface area contributed by atoms with E-state index in [-0.39, 0.29) is 105 Å². The van der Waals surface area contributed by atoms with Crippen molar-refractivity contribution in [2.75, 3.05) is 0 Å². The van der Waals surface area contributed by atoms with Crippen molar-refractivity contribution in [2.45, 2.75) is 483 Å². The summed E-state index contributed by atoms with van der Waals surface area (Å²) in [5.41, 5.74) is -5.71. The highest BCUT2D eigenvalue weighted by molar-refractivity contribution is 6.01. The summed E-state index contributed by atoms with van der Waals surface area (Å²) in [6.45, 7) is 57.5. The Labute approximate surface area is 655 Å². The molecular formula is C90H156N6O12. The molecule has 0 aromatic heterocycles. The molecule has 108 heavy (non-hydrogen) atoms. The molecule has 0 saturated carbocycles. The lowest BCUT2D eigenvalue weighted by atomic mass is 9.76. The Morgan fingerprint density at radius 1 is 0.259 bits per heavy atom. The molecule has 0 unspecified atom stereocenters. The molecule has 1 aromatic rings. The number of hydrogen-bond acceptors (Lipinski definition) is 18. The topological polar surface area (TPSA) is 230 Å². The van der Waals surface area contributed by atoms with Crippen LogP contribution >= 0.6 is 0 Å². The van der Waals surface area contributed by atoms with Gasteiger partial charge in [0.2, 0.25) is 0 Å². The lowest BCUT2D eigenvalue weighted by Crippen LogP contribution is -2.61. The summed E-state index contributed by atoms with van der Waals surface area (Å²) in [5, 5.41) is 22.4. The van der Waals surface area contributed by atoms with Gasteiger partial charge in [-0.15, -0.1) is 0 Å². The Morgan fingerprint density at radius 2 is 0.389 bits per heavy atom. The summed E-state index contributed by atoms with van der Waals surface area (Å²) in [6.07, 6.45) is 12.8. The molecule has 18 heteroatoms. The lowest BCUT2D eigenvalue weighted by molar-refractivity contribution is -0.186. The van der Waals surface area contributed by atoms with E-state index < -0.39 is 88.7 Å².